The number of carbonyl (C=O) groups excluding carboxylic acids is 4. The summed E-state index contributed by atoms with van der Waals surface area (Å²) in [5.41, 5.74) is 3.53. The number of carbonyl (C=O) groups is 4. The fraction of sp³-hybridized carbons (Fsp3) is 0.375. The van der Waals surface area contributed by atoms with Gasteiger partial charge in [0.05, 0.1) is 74.5 Å². The number of benzene rings is 2. The molecule has 5 rings (SSSR count). The summed E-state index contributed by atoms with van der Waals surface area (Å²) in [7, 11) is 0. The van der Waals surface area contributed by atoms with Crippen molar-refractivity contribution in [2.24, 2.45) is 0 Å². The number of ether oxygens (including phenoxy) is 8. The highest BCUT2D eigenvalue weighted by Crippen LogP contribution is 2.24. The van der Waals surface area contributed by atoms with E-state index < -0.39 is 36.5 Å². The van der Waals surface area contributed by atoms with E-state index in [4.69, 9.17) is 37.9 Å². The van der Waals surface area contributed by atoms with Crippen molar-refractivity contribution >= 4 is 23.9 Å². The van der Waals surface area contributed by atoms with Crippen LogP contribution in [0.5, 0.6) is 11.5 Å². The second-order valence-electron chi connectivity index (χ2n) is 14.2. The first-order chi connectivity index (χ1) is 30.3. The van der Waals surface area contributed by atoms with Crippen LogP contribution in [0.2, 0.25) is 0 Å². The highest BCUT2D eigenvalue weighted by atomic mass is 16.8. The first-order valence-corrected chi connectivity index (χ1v) is 20.9. The van der Waals surface area contributed by atoms with Crippen LogP contribution >= 0.6 is 0 Å². The third-order valence-corrected chi connectivity index (χ3v) is 9.56. The lowest BCUT2D eigenvalue weighted by Crippen LogP contribution is -2.44. The van der Waals surface area contributed by atoms with Crippen LogP contribution in [0.1, 0.15) is 84.9 Å². The first-order valence-electron chi connectivity index (χ1n) is 20.9. The molecule has 14 nitrogen and oxygen atoms in total. The molecule has 2 unspecified atom stereocenters. The van der Waals surface area contributed by atoms with Crippen LogP contribution in [-0.2, 0) is 38.0 Å². The van der Waals surface area contributed by atoms with E-state index in [-0.39, 0.29) is 24.3 Å². The minimum atomic E-state index is -1.27. The van der Waals surface area contributed by atoms with Crippen LogP contribution in [0, 0.1) is 0 Å². The number of rotatable bonds is 26. The molecule has 1 saturated heterocycles. The van der Waals surface area contributed by atoms with Crippen molar-refractivity contribution < 1.29 is 57.1 Å². The molecule has 14 heteroatoms. The molecule has 3 heterocycles. The second-order valence-corrected chi connectivity index (χ2v) is 14.2. The summed E-state index contributed by atoms with van der Waals surface area (Å²) in [6.45, 7) is 9.02. The maximum atomic E-state index is 13.1. The lowest BCUT2D eigenvalue weighted by Gasteiger charge is -2.30. The molecule has 0 radical (unpaired) electrons. The Hall–Kier alpha value is -6.38. The van der Waals surface area contributed by atoms with Gasteiger partial charge in [-0.25, -0.2) is 19.2 Å². The van der Waals surface area contributed by atoms with Gasteiger partial charge in [-0.3, -0.25) is 9.97 Å². The number of nitrogens with zero attached hydrogens (tertiary/aromatic N) is 2. The van der Waals surface area contributed by atoms with Gasteiger partial charge in [0.15, 0.2) is 0 Å². The van der Waals surface area contributed by atoms with Gasteiger partial charge in [-0.15, -0.1) is 0 Å². The predicted molar refractivity (Wildman–Crippen MR) is 229 cm³/mol. The Morgan fingerprint density at radius 1 is 0.516 bits per heavy atom. The van der Waals surface area contributed by atoms with Crippen LogP contribution in [0.4, 0.5) is 0 Å². The van der Waals surface area contributed by atoms with Gasteiger partial charge < -0.3 is 37.9 Å². The lowest BCUT2D eigenvalue weighted by atomic mass is 10.1. The quantitative estimate of drug-likeness (QED) is 0.0255. The normalized spacial score (nSPS) is 14.5. The zero-order chi connectivity index (χ0) is 43.8. The molecule has 0 saturated carbocycles. The zero-order valence-electron chi connectivity index (χ0n) is 34.9. The van der Waals surface area contributed by atoms with Crippen LogP contribution in [0.15, 0.2) is 111 Å². The smallest absolute Gasteiger partial charge is 0.340 e. The molecule has 328 valence electrons. The Labute approximate surface area is 362 Å². The molecular weight excluding hydrogens is 797 g/mol. The Morgan fingerprint density at radius 2 is 0.887 bits per heavy atom. The molecule has 2 aromatic heterocycles. The average Bonchev–Trinajstić information content (AvgIpc) is 3.31. The Morgan fingerprint density at radius 3 is 1.24 bits per heavy atom. The van der Waals surface area contributed by atoms with Crippen molar-refractivity contribution in [3.8, 4) is 34.0 Å². The summed E-state index contributed by atoms with van der Waals surface area (Å²) in [5, 5.41) is 0. The molecule has 1 aliphatic heterocycles. The standard InChI is InChI=1S/C48H54N2O12/c1-3-43(51)57-29-13-9-5-7-11-27-55-39-23-25-41(49-33-39)35-15-19-37(20-16-35)45(53)61-47-48(60-32-31-59-47)62-46(54)38-21-17-36(18-22-38)42-26-24-40(34-50-42)56-28-12-8-6-10-14-30-58-44(52)4-2/h3-4,15-26,33-34,47-48H,1-2,5-14,27-32H2. The Bertz CT molecular complexity index is 1870. The Balaban J connectivity index is 1.00. The maximum Gasteiger partial charge on any atom is 0.340 e. The summed E-state index contributed by atoms with van der Waals surface area (Å²) in [6.07, 6.45) is 12.6. The third-order valence-electron chi connectivity index (χ3n) is 9.56. The zero-order valence-corrected chi connectivity index (χ0v) is 34.9. The van der Waals surface area contributed by atoms with Crippen LogP contribution in [0.25, 0.3) is 22.5 Å². The van der Waals surface area contributed by atoms with Crippen molar-refractivity contribution in [1.29, 1.82) is 0 Å². The monoisotopic (exact) mass is 850 g/mol. The van der Waals surface area contributed by atoms with Crippen molar-refractivity contribution in [1.82, 2.24) is 9.97 Å². The van der Waals surface area contributed by atoms with Crippen molar-refractivity contribution in [3.05, 3.63) is 122 Å². The molecule has 4 aromatic rings. The van der Waals surface area contributed by atoms with Gasteiger partial charge in [0, 0.05) is 23.3 Å². The van der Waals surface area contributed by atoms with Gasteiger partial charge in [-0.05, 0) is 74.2 Å². The predicted octanol–water partition coefficient (Wildman–Crippen LogP) is 8.64. The molecule has 0 amide bonds. The summed E-state index contributed by atoms with van der Waals surface area (Å²) in [4.78, 5) is 57.4. The second kappa shape index (κ2) is 26.1. The maximum absolute atomic E-state index is 13.1. The third kappa shape index (κ3) is 15.9. The van der Waals surface area contributed by atoms with Gasteiger partial charge in [0.1, 0.15) is 11.5 Å². The SMILES string of the molecule is C=CC(=O)OCCCCCCCOc1ccc(-c2ccc(C(=O)OC3OCCOC3OC(=O)c3ccc(-c4ccc(OCCCCCCCOC(=O)C=C)cn4)cc3)cc2)nc1. The fourth-order valence-corrected chi connectivity index (χ4v) is 6.15. The van der Waals surface area contributed by atoms with Gasteiger partial charge in [-0.2, -0.15) is 0 Å². The van der Waals surface area contributed by atoms with E-state index in [9.17, 15) is 19.2 Å². The molecule has 2 atom stereocenters. The van der Waals surface area contributed by atoms with Gasteiger partial charge >= 0.3 is 23.9 Å². The van der Waals surface area contributed by atoms with E-state index >= 15 is 0 Å². The minimum absolute atomic E-state index is 0.149. The summed E-state index contributed by atoms with van der Waals surface area (Å²) < 4.78 is 44.0. The molecule has 0 spiro atoms. The number of aromatic nitrogens is 2. The molecule has 1 aliphatic rings. The van der Waals surface area contributed by atoms with Crippen molar-refractivity contribution in [3.63, 3.8) is 0 Å². The van der Waals surface area contributed by atoms with Crippen molar-refractivity contribution in [2.75, 3.05) is 39.6 Å². The van der Waals surface area contributed by atoms with Gasteiger partial charge in [-0.1, -0.05) is 75.9 Å². The van der Waals surface area contributed by atoms with E-state index in [0.29, 0.717) is 49.3 Å². The molecule has 0 aliphatic carbocycles. The summed E-state index contributed by atoms with van der Waals surface area (Å²) in [5.74, 6) is -0.804. The molecular formula is C48H54N2O12. The number of esters is 4. The Kier molecular flexibility index (Phi) is 19.6. The molecule has 0 bridgehead atoms. The van der Waals surface area contributed by atoms with E-state index in [1.807, 2.05) is 24.3 Å². The average molecular weight is 851 g/mol. The van der Waals surface area contributed by atoms with Crippen LogP contribution in [0.3, 0.4) is 0 Å². The number of hydrogen-bond donors (Lipinski definition) is 0. The molecule has 0 N–H and O–H groups in total. The molecule has 2 aromatic carbocycles. The molecule has 62 heavy (non-hydrogen) atoms. The molecule has 1 fully saturated rings. The van der Waals surface area contributed by atoms with E-state index in [1.165, 1.54) is 12.2 Å². The van der Waals surface area contributed by atoms with Crippen LogP contribution < -0.4 is 9.47 Å². The van der Waals surface area contributed by atoms with E-state index in [1.54, 1.807) is 60.9 Å². The highest BCUT2D eigenvalue weighted by molar-refractivity contribution is 5.91. The minimum Gasteiger partial charge on any atom is -0.492 e. The van der Waals surface area contributed by atoms with Crippen molar-refractivity contribution in [2.45, 2.75) is 76.8 Å². The van der Waals surface area contributed by atoms with E-state index in [0.717, 1.165) is 75.3 Å². The highest BCUT2D eigenvalue weighted by Gasteiger charge is 2.34. The fourth-order valence-electron chi connectivity index (χ4n) is 6.15. The summed E-state index contributed by atoms with van der Waals surface area (Å²) >= 11 is 0. The van der Waals surface area contributed by atoms with Crippen LogP contribution in [-0.4, -0.2) is 86.1 Å². The lowest BCUT2D eigenvalue weighted by molar-refractivity contribution is -0.288. The number of hydrogen-bond acceptors (Lipinski definition) is 14. The first kappa shape index (κ1) is 46.7. The van der Waals surface area contributed by atoms with Gasteiger partial charge in [0.2, 0.25) is 0 Å². The summed E-state index contributed by atoms with van der Waals surface area (Å²) in [6, 6.07) is 20.9. The van der Waals surface area contributed by atoms with E-state index in [2.05, 4.69) is 23.1 Å². The number of unbranched alkanes of at least 4 members (excludes halogenated alkanes) is 8. The number of pyridine rings is 2. The largest absolute Gasteiger partial charge is 0.492 e. The topological polar surface area (TPSA) is 168 Å². The van der Waals surface area contributed by atoms with Gasteiger partial charge in [0.25, 0.3) is 12.6 Å².